The normalized spacial score (nSPS) is 11.2. The Morgan fingerprint density at radius 2 is 2.04 bits per heavy atom. The van der Waals surface area contributed by atoms with E-state index in [1.54, 1.807) is 25.1 Å². The number of aryl methyl sites for hydroxylation is 1. The van der Waals surface area contributed by atoms with Crippen LogP contribution >= 0.6 is 11.6 Å². The maximum Gasteiger partial charge on any atom is 0.336 e. The van der Waals surface area contributed by atoms with Crippen molar-refractivity contribution in [2.24, 2.45) is 5.11 Å². The van der Waals surface area contributed by atoms with Crippen molar-refractivity contribution in [1.82, 2.24) is 0 Å². The number of hydrogen-bond acceptors (Lipinski definition) is 5. The molecular formula is C17H13ClN4O4S. The van der Waals surface area contributed by atoms with E-state index in [4.69, 9.17) is 21.5 Å². The summed E-state index contributed by atoms with van der Waals surface area (Å²) >= 11 is 5.90. The zero-order chi connectivity index (χ0) is 19.6. The van der Waals surface area contributed by atoms with E-state index in [0.29, 0.717) is 27.2 Å². The van der Waals surface area contributed by atoms with Gasteiger partial charge in [0.25, 0.3) is 10.0 Å². The highest BCUT2D eigenvalue weighted by Gasteiger charge is 2.20. The van der Waals surface area contributed by atoms with Crippen LogP contribution in [0.15, 0.2) is 61.7 Å². The lowest BCUT2D eigenvalue weighted by molar-refractivity contribution is 0.558. The number of benzene rings is 2. The molecule has 1 aromatic heterocycles. The minimum absolute atomic E-state index is 0.00557. The zero-order valence-electron chi connectivity index (χ0n) is 14.0. The van der Waals surface area contributed by atoms with Gasteiger partial charge < -0.3 is 4.42 Å². The van der Waals surface area contributed by atoms with Crippen molar-refractivity contribution in [3.05, 3.63) is 79.5 Å². The van der Waals surface area contributed by atoms with Gasteiger partial charge in [0, 0.05) is 21.4 Å². The molecule has 3 rings (SSSR count). The molecule has 0 radical (unpaired) electrons. The van der Waals surface area contributed by atoms with Crippen LogP contribution in [0.25, 0.3) is 21.4 Å². The largest absolute Gasteiger partial charge is 0.423 e. The van der Waals surface area contributed by atoms with Gasteiger partial charge in [0.15, 0.2) is 0 Å². The first-order valence-electron chi connectivity index (χ1n) is 7.67. The molecule has 0 bridgehead atoms. The minimum Gasteiger partial charge on any atom is -0.423 e. The molecule has 10 heteroatoms. The first-order valence-corrected chi connectivity index (χ1v) is 9.53. The smallest absolute Gasteiger partial charge is 0.336 e. The molecule has 0 fully saturated rings. The average molecular weight is 405 g/mol. The number of fused-ring (bicyclic) bond motifs is 1. The number of halogens is 1. The molecule has 0 amide bonds. The zero-order valence-corrected chi connectivity index (χ0v) is 15.6. The standard InChI is InChI=1S/C17H13ClN4O4S/c1-10-5-15-14(11(9-20-22-19)6-17(23)26-15)8-16(10)27(24,25)21-13-4-2-3-12(18)7-13/h2-8,21H,9H2,1H3. The molecule has 8 nitrogen and oxygen atoms in total. The summed E-state index contributed by atoms with van der Waals surface area (Å²) in [6.45, 7) is 1.48. The highest BCUT2D eigenvalue weighted by Crippen LogP contribution is 2.27. The second-order valence-corrected chi connectivity index (χ2v) is 7.80. The lowest BCUT2D eigenvalue weighted by Crippen LogP contribution is -2.14. The summed E-state index contributed by atoms with van der Waals surface area (Å²) in [6, 6.07) is 10.3. The Bertz CT molecular complexity index is 1250. The second kappa shape index (κ2) is 7.32. The van der Waals surface area contributed by atoms with Crippen molar-refractivity contribution in [2.75, 3.05) is 4.72 Å². The van der Waals surface area contributed by atoms with E-state index in [0.717, 1.165) is 0 Å². The number of rotatable bonds is 5. The van der Waals surface area contributed by atoms with E-state index < -0.39 is 15.6 Å². The Balaban J connectivity index is 2.15. The Hall–Kier alpha value is -3.00. The van der Waals surface area contributed by atoms with Gasteiger partial charge >= 0.3 is 5.63 Å². The molecule has 0 saturated carbocycles. The highest BCUT2D eigenvalue weighted by molar-refractivity contribution is 7.92. The van der Waals surface area contributed by atoms with E-state index in [2.05, 4.69) is 14.7 Å². The van der Waals surface area contributed by atoms with Crippen molar-refractivity contribution < 1.29 is 12.8 Å². The molecule has 0 aliphatic carbocycles. The van der Waals surface area contributed by atoms with Crippen LogP contribution in [0, 0.1) is 6.92 Å². The third-order valence-corrected chi connectivity index (χ3v) is 5.55. The molecule has 0 atom stereocenters. The predicted octanol–water partition coefficient (Wildman–Crippen LogP) is 4.37. The molecule has 0 aliphatic heterocycles. The van der Waals surface area contributed by atoms with Crippen LogP contribution in [0.2, 0.25) is 5.02 Å². The molecule has 0 spiro atoms. The minimum atomic E-state index is -3.93. The lowest BCUT2D eigenvalue weighted by Gasteiger charge is -2.12. The maximum atomic E-state index is 12.8. The number of hydrogen-bond donors (Lipinski definition) is 1. The molecule has 138 valence electrons. The molecule has 2 aromatic carbocycles. The molecule has 1 heterocycles. The molecular weight excluding hydrogens is 392 g/mol. The maximum absolute atomic E-state index is 12.8. The van der Waals surface area contributed by atoms with Gasteiger partial charge in [-0.05, 0) is 53.9 Å². The van der Waals surface area contributed by atoms with E-state index in [-0.39, 0.29) is 17.0 Å². The van der Waals surface area contributed by atoms with Crippen molar-refractivity contribution in [2.45, 2.75) is 18.4 Å². The van der Waals surface area contributed by atoms with Crippen LogP contribution in [0.1, 0.15) is 11.1 Å². The van der Waals surface area contributed by atoms with E-state index >= 15 is 0 Å². The number of azide groups is 1. The Morgan fingerprint density at radius 1 is 1.26 bits per heavy atom. The fourth-order valence-corrected chi connectivity index (χ4v) is 4.14. The fraction of sp³-hybridized carbons (Fsp3) is 0.118. The number of nitrogens with zero attached hydrogens (tertiary/aromatic N) is 3. The summed E-state index contributed by atoms with van der Waals surface area (Å²) in [7, 11) is -3.93. The molecule has 27 heavy (non-hydrogen) atoms. The van der Waals surface area contributed by atoms with Crippen molar-refractivity contribution in [3.8, 4) is 0 Å². The van der Waals surface area contributed by atoms with Gasteiger partial charge in [-0.25, -0.2) is 13.2 Å². The summed E-state index contributed by atoms with van der Waals surface area (Å²) in [6.07, 6.45) is 0. The summed E-state index contributed by atoms with van der Waals surface area (Å²) in [5.41, 5.74) is 9.20. The van der Waals surface area contributed by atoms with Gasteiger partial charge in [-0.1, -0.05) is 22.8 Å². The van der Waals surface area contributed by atoms with E-state index in [1.807, 2.05) is 0 Å². The predicted molar refractivity (Wildman–Crippen MR) is 102 cm³/mol. The van der Waals surface area contributed by atoms with Crippen LogP contribution in [0.3, 0.4) is 0 Å². The van der Waals surface area contributed by atoms with Crippen molar-refractivity contribution in [1.29, 1.82) is 0 Å². The SMILES string of the molecule is Cc1cc2oc(=O)cc(CN=[N+]=[N-])c2cc1S(=O)(=O)Nc1cccc(Cl)c1. The van der Waals surface area contributed by atoms with Crippen LogP contribution in [-0.2, 0) is 16.6 Å². The van der Waals surface area contributed by atoms with Gasteiger partial charge in [0.05, 0.1) is 17.1 Å². The van der Waals surface area contributed by atoms with Gasteiger partial charge in [-0.2, -0.15) is 0 Å². The van der Waals surface area contributed by atoms with Crippen molar-refractivity contribution >= 4 is 38.3 Å². The van der Waals surface area contributed by atoms with Crippen LogP contribution in [-0.4, -0.2) is 8.42 Å². The Kier molecular flexibility index (Phi) is 5.09. The number of anilines is 1. The topological polar surface area (TPSA) is 125 Å². The van der Waals surface area contributed by atoms with Gasteiger partial charge in [-0.15, -0.1) is 0 Å². The Morgan fingerprint density at radius 3 is 2.74 bits per heavy atom. The second-order valence-electron chi connectivity index (χ2n) is 5.71. The van der Waals surface area contributed by atoms with Crippen LogP contribution in [0.5, 0.6) is 0 Å². The summed E-state index contributed by atoms with van der Waals surface area (Å²) < 4.78 is 33.3. The fourth-order valence-electron chi connectivity index (χ4n) is 2.65. The van der Waals surface area contributed by atoms with Gasteiger partial charge in [0.2, 0.25) is 0 Å². The summed E-state index contributed by atoms with van der Waals surface area (Å²) in [4.78, 5) is 14.4. The van der Waals surface area contributed by atoms with Crippen LogP contribution in [0.4, 0.5) is 5.69 Å². The summed E-state index contributed by atoms with van der Waals surface area (Å²) in [5.74, 6) is 0. The average Bonchev–Trinajstić information content (AvgIpc) is 2.58. The molecule has 0 unspecified atom stereocenters. The molecule has 3 aromatic rings. The number of sulfonamides is 1. The van der Waals surface area contributed by atoms with Crippen LogP contribution < -0.4 is 10.3 Å². The van der Waals surface area contributed by atoms with Gasteiger partial charge in [-0.3, -0.25) is 4.72 Å². The lowest BCUT2D eigenvalue weighted by atomic mass is 10.1. The third kappa shape index (κ3) is 4.06. The van der Waals surface area contributed by atoms with Crippen molar-refractivity contribution in [3.63, 3.8) is 0 Å². The first-order chi connectivity index (χ1) is 12.8. The van der Waals surface area contributed by atoms with E-state index in [1.165, 1.54) is 24.3 Å². The molecule has 0 aliphatic rings. The monoisotopic (exact) mass is 404 g/mol. The molecule has 1 N–H and O–H groups in total. The Labute approximate surface area is 159 Å². The summed E-state index contributed by atoms with van der Waals surface area (Å²) in [5, 5.41) is 4.21. The highest BCUT2D eigenvalue weighted by atomic mass is 35.5. The van der Waals surface area contributed by atoms with E-state index in [9.17, 15) is 13.2 Å². The molecule has 0 saturated heterocycles. The van der Waals surface area contributed by atoms with Gasteiger partial charge in [0.1, 0.15) is 5.58 Å². The number of nitrogens with one attached hydrogen (secondary N) is 1. The third-order valence-electron chi connectivity index (χ3n) is 3.80. The quantitative estimate of drug-likeness (QED) is 0.293. The first kappa shape index (κ1) is 18.8.